The number of hydrogen-bond acceptors (Lipinski definition) is 4. The maximum Gasteiger partial charge on any atom is 0.309 e. The third-order valence-corrected chi connectivity index (χ3v) is 6.21. The van der Waals surface area contributed by atoms with Crippen molar-refractivity contribution in [2.45, 2.75) is 147 Å². The van der Waals surface area contributed by atoms with E-state index in [1.807, 2.05) is 0 Å². The van der Waals surface area contributed by atoms with Crippen molar-refractivity contribution in [2.75, 3.05) is 0 Å². The van der Waals surface area contributed by atoms with Crippen molar-refractivity contribution in [3.05, 3.63) is 0 Å². The first kappa shape index (κ1) is 25.4. The highest BCUT2D eigenvalue weighted by atomic mass is 16.6. The second-order valence-corrected chi connectivity index (χ2v) is 9.53. The van der Waals surface area contributed by atoms with Crippen LogP contribution < -0.4 is 0 Å². The Morgan fingerprint density at radius 3 is 1.75 bits per heavy atom. The number of ether oxygens (including phenoxy) is 1. The van der Waals surface area contributed by atoms with E-state index >= 15 is 0 Å². The molecule has 1 saturated heterocycles. The molecule has 0 unspecified atom stereocenters. The van der Waals surface area contributed by atoms with E-state index in [1.54, 1.807) is 13.8 Å². The standard InChI is InChI=1S/C24H46O4/c1-4-5-6-7-8-9-10-11-12-13-14-15-16-17-18-23(2,27)20-24(3)21(25)19-22(26)28-24/h21,25,27H,4-20H2,1-3H3/t21-,23+,24-/m0/s1. The lowest BCUT2D eigenvalue weighted by molar-refractivity contribution is -0.155. The molecule has 2 N–H and O–H groups in total. The maximum absolute atomic E-state index is 11.4. The first-order chi connectivity index (χ1) is 13.3. The number of hydrogen-bond donors (Lipinski definition) is 2. The van der Waals surface area contributed by atoms with Crippen LogP contribution in [0.2, 0.25) is 0 Å². The smallest absolute Gasteiger partial charge is 0.309 e. The third kappa shape index (κ3) is 10.8. The Labute approximate surface area is 173 Å². The van der Waals surface area contributed by atoms with Crippen LogP contribution in [0.5, 0.6) is 0 Å². The van der Waals surface area contributed by atoms with E-state index in [2.05, 4.69) is 6.92 Å². The summed E-state index contributed by atoms with van der Waals surface area (Å²) in [6, 6.07) is 0. The van der Waals surface area contributed by atoms with Gasteiger partial charge >= 0.3 is 5.97 Å². The summed E-state index contributed by atoms with van der Waals surface area (Å²) in [4.78, 5) is 11.4. The van der Waals surface area contributed by atoms with Gasteiger partial charge in [-0.1, -0.05) is 96.8 Å². The van der Waals surface area contributed by atoms with Crippen LogP contribution in [0.1, 0.15) is 130 Å². The molecule has 1 aliphatic rings. The molecule has 1 aliphatic heterocycles. The number of unbranched alkanes of at least 4 members (excludes halogenated alkanes) is 13. The zero-order chi connectivity index (χ0) is 20.9. The topological polar surface area (TPSA) is 66.8 Å². The summed E-state index contributed by atoms with van der Waals surface area (Å²) in [6.45, 7) is 5.78. The highest BCUT2D eigenvalue weighted by Crippen LogP contribution is 2.36. The van der Waals surface area contributed by atoms with E-state index in [9.17, 15) is 15.0 Å². The number of esters is 1. The second-order valence-electron chi connectivity index (χ2n) is 9.53. The molecule has 0 aromatic carbocycles. The Hall–Kier alpha value is -0.610. The van der Waals surface area contributed by atoms with Gasteiger partial charge in [0.2, 0.25) is 0 Å². The van der Waals surface area contributed by atoms with Gasteiger partial charge in [0.25, 0.3) is 0 Å². The molecule has 0 bridgehead atoms. The summed E-state index contributed by atoms with van der Waals surface area (Å²) in [5, 5.41) is 20.7. The quantitative estimate of drug-likeness (QED) is 0.231. The van der Waals surface area contributed by atoms with Gasteiger partial charge in [0.1, 0.15) is 11.7 Å². The van der Waals surface area contributed by atoms with Crippen molar-refractivity contribution < 1.29 is 19.7 Å². The van der Waals surface area contributed by atoms with Crippen LogP contribution in [0, 0.1) is 0 Å². The molecule has 1 rings (SSSR count). The zero-order valence-corrected chi connectivity index (χ0v) is 18.8. The zero-order valence-electron chi connectivity index (χ0n) is 18.8. The molecule has 0 amide bonds. The van der Waals surface area contributed by atoms with Gasteiger partial charge in [-0.15, -0.1) is 0 Å². The fraction of sp³-hybridized carbons (Fsp3) is 0.958. The lowest BCUT2D eigenvalue weighted by Crippen LogP contribution is -2.44. The Morgan fingerprint density at radius 1 is 0.929 bits per heavy atom. The van der Waals surface area contributed by atoms with Gasteiger partial charge in [-0.05, 0) is 20.3 Å². The Kier molecular flexibility index (Phi) is 12.3. The minimum absolute atomic E-state index is 0.0332. The number of carbonyl (C=O) groups is 1. The summed E-state index contributed by atoms with van der Waals surface area (Å²) in [5.74, 6) is -0.373. The lowest BCUT2D eigenvalue weighted by Gasteiger charge is -2.34. The molecule has 166 valence electrons. The van der Waals surface area contributed by atoms with Gasteiger partial charge in [0, 0.05) is 6.42 Å². The van der Waals surface area contributed by atoms with Crippen LogP contribution in [-0.4, -0.2) is 33.5 Å². The molecule has 3 atom stereocenters. The van der Waals surface area contributed by atoms with E-state index in [0.717, 1.165) is 12.8 Å². The Balaban J connectivity index is 1.96. The van der Waals surface area contributed by atoms with E-state index in [0.29, 0.717) is 12.8 Å². The van der Waals surface area contributed by atoms with Crippen LogP contribution in [0.25, 0.3) is 0 Å². The van der Waals surface area contributed by atoms with Crippen LogP contribution in [0.15, 0.2) is 0 Å². The summed E-state index contributed by atoms with van der Waals surface area (Å²) >= 11 is 0. The van der Waals surface area contributed by atoms with Gasteiger partial charge in [-0.25, -0.2) is 0 Å². The van der Waals surface area contributed by atoms with E-state index < -0.39 is 17.3 Å². The fourth-order valence-corrected chi connectivity index (χ4v) is 4.44. The van der Waals surface area contributed by atoms with Crippen LogP contribution in [0.3, 0.4) is 0 Å². The van der Waals surface area contributed by atoms with Gasteiger partial charge in [0.05, 0.1) is 12.0 Å². The first-order valence-corrected chi connectivity index (χ1v) is 11.9. The first-order valence-electron chi connectivity index (χ1n) is 11.9. The average molecular weight is 399 g/mol. The summed E-state index contributed by atoms with van der Waals surface area (Å²) in [5.41, 5.74) is -1.85. The molecule has 4 heteroatoms. The highest BCUT2D eigenvalue weighted by molar-refractivity contribution is 5.73. The van der Waals surface area contributed by atoms with Crippen molar-refractivity contribution in [1.29, 1.82) is 0 Å². The molecule has 28 heavy (non-hydrogen) atoms. The molecule has 1 heterocycles. The number of aliphatic hydroxyl groups is 2. The minimum Gasteiger partial charge on any atom is -0.456 e. The van der Waals surface area contributed by atoms with E-state index in [-0.39, 0.29) is 12.4 Å². The molecule has 4 nitrogen and oxygen atoms in total. The highest BCUT2D eigenvalue weighted by Gasteiger charge is 2.48. The Morgan fingerprint density at radius 2 is 1.36 bits per heavy atom. The maximum atomic E-state index is 11.4. The fourth-order valence-electron chi connectivity index (χ4n) is 4.44. The van der Waals surface area contributed by atoms with E-state index in [1.165, 1.54) is 77.0 Å². The molecule has 0 radical (unpaired) electrons. The predicted octanol–water partition coefficient (Wildman–Crippen LogP) is 6.07. The van der Waals surface area contributed by atoms with Crippen molar-refractivity contribution in [1.82, 2.24) is 0 Å². The van der Waals surface area contributed by atoms with Crippen molar-refractivity contribution >= 4 is 5.97 Å². The summed E-state index contributed by atoms with van der Waals surface area (Å²) in [7, 11) is 0. The third-order valence-electron chi connectivity index (χ3n) is 6.21. The molecule has 0 aromatic heterocycles. The Bertz CT molecular complexity index is 421. The average Bonchev–Trinajstić information content (AvgIpc) is 2.85. The number of aliphatic hydroxyl groups excluding tert-OH is 1. The van der Waals surface area contributed by atoms with Gasteiger partial charge < -0.3 is 14.9 Å². The molecule has 0 aliphatic carbocycles. The molecular formula is C24H46O4. The summed E-state index contributed by atoms with van der Waals surface area (Å²) in [6.07, 6.45) is 18.6. The number of cyclic esters (lactones) is 1. The second kappa shape index (κ2) is 13.6. The molecule has 0 aromatic rings. The van der Waals surface area contributed by atoms with Crippen LogP contribution in [0.4, 0.5) is 0 Å². The SMILES string of the molecule is CCCCCCCCCCCCCCCC[C@@](C)(O)C[C@]1(C)OC(=O)C[C@@H]1O. The van der Waals surface area contributed by atoms with Crippen molar-refractivity contribution in [2.24, 2.45) is 0 Å². The van der Waals surface area contributed by atoms with Crippen LogP contribution >= 0.6 is 0 Å². The lowest BCUT2D eigenvalue weighted by atomic mass is 9.83. The number of rotatable bonds is 17. The van der Waals surface area contributed by atoms with Gasteiger partial charge in [-0.3, -0.25) is 4.79 Å². The number of carbonyl (C=O) groups excluding carboxylic acids is 1. The van der Waals surface area contributed by atoms with Crippen LogP contribution in [-0.2, 0) is 9.53 Å². The monoisotopic (exact) mass is 398 g/mol. The molecule has 0 saturated carbocycles. The summed E-state index contributed by atoms with van der Waals surface area (Å²) < 4.78 is 5.27. The largest absolute Gasteiger partial charge is 0.456 e. The van der Waals surface area contributed by atoms with Crippen molar-refractivity contribution in [3.8, 4) is 0 Å². The van der Waals surface area contributed by atoms with Crippen molar-refractivity contribution in [3.63, 3.8) is 0 Å². The van der Waals surface area contributed by atoms with Gasteiger partial charge in [-0.2, -0.15) is 0 Å². The molecular weight excluding hydrogens is 352 g/mol. The minimum atomic E-state index is -0.948. The normalized spacial score (nSPS) is 24.3. The predicted molar refractivity (Wildman–Crippen MR) is 115 cm³/mol. The van der Waals surface area contributed by atoms with E-state index in [4.69, 9.17) is 4.74 Å². The van der Waals surface area contributed by atoms with Gasteiger partial charge in [0.15, 0.2) is 0 Å². The molecule has 0 spiro atoms. The molecule has 1 fully saturated rings.